The van der Waals surface area contributed by atoms with Crippen LogP contribution in [0.4, 0.5) is 0 Å². The molecule has 1 atom stereocenters. The van der Waals surface area contributed by atoms with Crippen LogP contribution in [0.5, 0.6) is 0 Å². The fourth-order valence-electron chi connectivity index (χ4n) is 2.81. The van der Waals surface area contributed by atoms with Gasteiger partial charge < -0.3 is 15.6 Å². The number of rotatable bonds is 1. The SMILES string of the molecule is CC1(C)CC(O)(C2(N)CCS(=O)(=O)CC2)CO1. The Labute approximate surface area is 102 Å². The Morgan fingerprint density at radius 2 is 1.76 bits per heavy atom. The van der Waals surface area contributed by atoms with Crippen molar-refractivity contribution < 1.29 is 18.3 Å². The van der Waals surface area contributed by atoms with Crippen molar-refractivity contribution in [2.45, 2.75) is 49.9 Å². The predicted octanol–water partition coefficient (Wildman–Crippen LogP) is -0.177. The first-order valence-electron chi connectivity index (χ1n) is 5.93. The van der Waals surface area contributed by atoms with Crippen molar-refractivity contribution >= 4 is 9.84 Å². The Bertz CT molecular complexity index is 403. The Morgan fingerprint density at radius 1 is 1.24 bits per heavy atom. The average Bonchev–Trinajstić information content (AvgIpc) is 2.48. The summed E-state index contributed by atoms with van der Waals surface area (Å²) in [6.07, 6.45) is 1.08. The molecule has 5 nitrogen and oxygen atoms in total. The molecule has 0 aromatic heterocycles. The minimum atomic E-state index is -2.97. The molecule has 2 aliphatic rings. The monoisotopic (exact) mass is 263 g/mol. The smallest absolute Gasteiger partial charge is 0.150 e. The van der Waals surface area contributed by atoms with Gasteiger partial charge in [-0.25, -0.2) is 8.42 Å². The van der Waals surface area contributed by atoms with E-state index in [1.54, 1.807) is 0 Å². The van der Waals surface area contributed by atoms with Gasteiger partial charge in [-0.2, -0.15) is 0 Å². The molecule has 100 valence electrons. The maximum absolute atomic E-state index is 11.4. The second kappa shape index (κ2) is 3.66. The molecular weight excluding hydrogens is 242 g/mol. The van der Waals surface area contributed by atoms with Crippen LogP contribution in [0.2, 0.25) is 0 Å². The molecule has 0 spiro atoms. The van der Waals surface area contributed by atoms with Gasteiger partial charge in [0, 0.05) is 12.0 Å². The first-order valence-corrected chi connectivity index (χ1v) is 7.75. The largest absolute Gasteiger partial charge is 0.385 e. The highest BCUT2D eigenvalue weighted by Gasteiger charge is 2.56. The highest BCUT2D eigenvalue weighted by atomic mass is 32.2. The number of nitrogens with two attached hydrogens (primary N) is 1. The van der Waals surface area contributed by atoms with Gasteiger partial charge in [-0.1, -0.05) is 0 Å². The summed E-state index contributed by atoms with van der Waals surface area (Å²) in [5.41, 5.74) is 3.91. The second-order valence-corrected chi connectivity index (χ2v) is 8.37. The van der Waals surface area contributed by atoms with Gasteiger partial charge in [0.15, 0.2) is 0 Å². The summed E-state index contributed by atoms with van der Waals surface area (Å²) in [6, 6.07) is 0. The lowest BCUT2D eigenvalue weighted by atomic mass is 9.73. The fraction of sp³-hybridized carbons (Fsp3) is 1.00. The molecule has 6 heteroatoms. The van der Waals surface area contributed by atoms with E-state index in [1.165, 1.54) is 0 Å². The first kappa shape index (κ1) is 13.3. The molecular formula is C11H21NO4S. The van der Waals surface area contributed by atoms with E-state index >= 15 is 0 Å². The lowest BCUT2D eigenvalue weighted by Crippen LogP contribution is -2.64. The molecule has 2 saturated heterocycles. The molecule has 0 saturated carbocycles. The highest BCUT2D eigenvalue weighted by Crippen LogP contribution is 2.42. The Kier molecular flexibility index (Phi) is 2.86. The summed E-state index contributed by atoms with van der Waals surface area (Å²) in [7, 11) is -2.97. The van der Waals surface area contributed by atoms with E-state index in [0.717, 1.165) is 0 Å². The highest BCUT2D eigenvalue weighted by molar-refractivity contribution is 7.91. The Hall–Kier alpha value is -0.170. The summed E-state index contributed by atoms with van der Waals surface area (Å²) in [4.78, 5) is 0. The molecule has 2 fully saturated rings. The molecule has 0 aromatic rings. The van der Waals surface area contributed by atoms with Crippen molar-refractivity contribution in [2.24, 2.45) is 5.73 Å². The quantitative estimate of drug-likeness (QED) is 0.685. The Morgan fingerprint density at radius 3 is 2.18 bits per heavy atom. The molecule has 2 aliphatic heterocycles. The van der Waals surface area contributed by atoms with Crippen molar-refractivity contribution in [3.63, 3.8) is 0 Å². The van der Waals surface area contributed by atoms with Gasteiger partial charge in [0.1, 0.15) is 15.4 Å². The summed E-state index contributed by atoms with van der Waals surface area (Å²) in [6.45, 7) is 4.01. The first-order chi connectivity index (χ1) is 7.58. The van der Waals surface area contributed by atoms with E-state index in [9.17, 15) is 13.5 Å². The Balaban J connectivity index is 2.18. The second-order valence-electron chi connectivity index (χ2n) is 6.06. The van der Waals surface area contributed by atoms with Crippen LogP contribution in [0, 0.1) is 0 Å². The third-order valence-corrected chi connectivity index (χ3v) is 5.72. The lowest BCUT2D eigenvalue weighted by molar-refractivity contribution is -0.0477. The van der Waals surface area contributed by atoms with E-state index < -0.39 is 26.6 Å². The zero-order chi connectivity index (χ0) is 12.9. The standard InChI is InChI=1S/C11H21NO4S/c1-9(2)7-11(13,8-16-9)10(12)3-5-17(14,15)6-4-10/h13H,3-8,12H2,1-2H3. The van der Waals surface area contributed by atoms with Gasteiger partial charge in [-0.15, -0.1) is 0 Å². The van der Waals surface area contributed by atoms with Crippen molar-refractivity contribution in [3.05, 3.63) is 0 Å². The molecule has 0 aliphatic carbocycles. The molecule has 1 unspecified atom stereocenters. The molecule has 0 radical (unpaired) electrons. The topological polar surface area (TPSA) is 89.6 Å². The number of ether oxygens (including phenoxy) is 1. The molecule has 3 N–H and O–H groups in total. The molecule has 0 aromatic carbocycles. The van der Waals surface area contributed by atoms with Crippen molar-refractivity contribution in [1.82, 2.24) is 0 Å². The van der Waals surface area contributed by atoms with E-state index in [-0.39, 0.29) is 18.1 Å². The number of sulfone groups is 1. The summed E-state index contributed by atoms with van der Waals surface area (Å²) in [5, 5.41) is 10.6. The average molecular weight is 263 g/mol. The minimum absolute atomic E-state index is 0.0617. The van der Waals surface area contributed by atoms with Gasteiger partial charge in [0.05, 0.1) is 23.7 Å². The van der Waals surface area contributed by atoms with Gasteiger partial charge >= 0.3 is 0 Å². The minimum Gasteiger partial charge on any atom is -0.385 e. The zero-order valence-electron chi connectivity index (χ0n) is 10.4. The number of hydrogen-bond donors (Lipinski definition) is 2. The third-order valence-electron chi connectivity index (χ3n) is 4.07. The van der Waals surface area contributed by atoms with Gasteiger partial charge in [0.2, 0.25) is 0 Å². The van der Waals surface area contributed by atoms with E-state index in [4.69, 9.17) is 10.5 Å². The fourth-order valence-corrected chi connectivity index (χ4v) is 4.36. The zero-order valence-corrected chi connectivity index (χ0v) is 11.2. The van der Waals surface area contributed by atoms with Crippen molar-refractivity contribution in [1.29, 1.82) is 0 Å². The summed E-state index contributed by atoms with van der Waals surface area (Å²) in [5.74, 6) is 0.123. The van der Waals surface area contributed by atoms with Crippen molar-refractivity contribution in [2.75, 3.05) is 18.1 Å². The molecule has 2 heterocycles. The normalized spacial score (nSPS) is 39.1. The molecule has 2 rings (SSSR count). The van der Waals surface area contributed by atoms with Crippen LogP contribution in [-0.2, 0) is 14.6 Å². The molecule has 0 bridgehead atoms. The van der Waals surface area contributed by atoms with Crippen LogP contribution >= 0.6 is 0 Å². The van der Waals surface area contributed by atoms with Crippen molar-refractivity contribution in [3.8, 4) is 0 Å². The van der Waals surface area contributed by atoms with Crippen LogP contribution in [0.1, 0.15) is 33.1 Å². The van der Waals surface area contributed by atoms with Crippen LogP contribution in [0.3, 0.4) is 0 Å². The summed E-state index contributed by atoms with van der Waals surface area (Å²) >= 11 is 0. The summed E-state index contributed by atoms with van der Waals surface area (Å²) < 4.78 is 28.4. The maximum atomic E-state index is 11.4. The van der Waals surface area contributed by atoms with Gasteiger partial charge in [-0.05, 0) is 26.7 Å². The van der Waals surface area contributed by atoms with E-state index in [0.29, 0.717) is 19.3 Å². The van der Waals surface area contributed by atoms with E-state index in [2.05, 4.69) is 0 Å². The molecule has 17 heavy (non-hydrogen) atoms. The van der Waals surface area contributed by atoms with Gasteiger partial charge in [-0.3, -0.25) is 0 Å². The van der Waals surface area contributed by atoms with Crippen LogP contribution < -0.4 is 5.73 Å². The third kappa shape index (κ3) is 2.36. The maximum Gasteiger partial charge on any atom is 0.150 e. The van der Waals surface area contributed by atoms with Crippen LogP contribution in [-0.4, -0.2) is 48.4 Å². The van der Waals surface area contributed by atoms with Gasteiger partial charge in [0.25, 0.3) is 0 Å². The number of hydrogen-bond acceptors (Lipinski definition) is 5. The van der Waals surface area contributed by atoms with Crippen LogP contribution in [0.25, 0.3) is 0 Å². The molecule has 0 amide bonds. The number of aliphatic hydroxyl groups is 1. The predicted molar refractivity (Wildman–Crippen MR) is 64.4 cm³/mol. The van der Waals surface area contributed by atoms with Crippen LogP contribution in [0.15, 0.2) is 0 Å². The lowest BCUT2D eigenvalue weighted by Gasteiger charge is -2.44. The van der Waals surface area contributed by atoms with E-state index in [1.807, 2.05) is 13.8 Å².